The Morgan fingerprint density at radius 2 is 1.14 bits per heavy atom. The lowest BCUT2D eigenvalue weighted by molar-refractivity contribution is 1.48. The van der Waals surface area contributed by atoms with Gasteiger partial charge in [0.2, 0.25) is 0 Å². The monoisotopic (exact) mass is 300 g/mol. The van der Waals surface area contributed by atoms with Crippen molar-refractivity contribution < 1.29 is 0 Å². The van der Waals surface area contributed by atoms with Gasteiger partial charge in [-0.1, -0.05) is 85.4 Å². The van der Waals surface area contributed by atoms with Crippen LogP contribution in [0, 0.1) is 6.92 Å². The van der Waals surface area contributed by atoms with Crippen LogP contribution >= 0.6 is 0 Å². The van der Waals surface area contributed by atoms with Crippen molar-refractivity contribution in [3.63, 3.8) is 0 Å². The molecule has 4 rings (SSSR count). The summed E-state index contributed by atoms with van der Waals surface area (Å²) in [5.41, 5.74) is 6.95. The van der Waals surface area contributed by atoms with Crippen molar-refractivity contribution in [3.05, 3.63) is 72.3 Å². The molecular weight excluding hydrogens is 280 g/mol. The van der Waals surface area contributed by atoms with Crippen molar-refractivity contribution in [1.29, 1.82) is 0 Å². The van der Waals surface area contributed by atoms with Crippen LogP contribution in [0.25, 0.3) is 22.3 Å². The molecule has 3 aromatic carbocycles. The van der Waals surface area contributed by atoms with Crippen molar-refractivity contribution in [1.82, 2.24) is 0 Å². The predicted octanol–water partition coefficient (Wildman–Crippen LogP) is 4.47. The van der Waals surface area contributed by atoms with E-state index in [1.54, 1.807) is 10.4 Å². The molecule has 0 fully saturated rings. The first-order valence-corrected chi connectivity index (χ1v) is 10.9. The van der Waals surface area contributed by atoms with Crippen LogP contribution in [0.1, 0.15) is 5.56 Å². The predicted molar refractivity (Wildman–Crippen MR) is 98.8 cm³/mol. The highest BCUT2D eigenvalue weighted by molar-refractivity contribution is 7.02. The average Bonchev–Trinajstić information content (AvgIpc) is 2.61. The second-order valence-electron chi connectivity index (χ2n) is 6.77. The van der Waals surface area contributed by atoms with E-state index in [1.165, 1.54) is 27.8 Å². The van der Waals surface area contributed by atoms with E-state index in [1.807, 2.05) is 0 Å². The average molecular weight is 300 g/mol. The van der Waals surface area contributed by atoms with Crippen LogP contribution in [-0.4, -0.2) is 8.07 Å². The zero-order valence-electron chi connectivity index (χ0n) is 13.4. The van der Waals surface area contributed by atoms with Gasteiger partial charge in [0.05, 0.1) is 0 Å². The molecule has 0 aromatic heterocycles. The van der Waals surface area contributed by atoms with Gasteiger partial charge in [0.15, 0.2) is 0 Å². The molecule has 0 aliphatic carbocycles. The van der Waals surface area contributed by atoms with Gasteiger partial charge in [-0.25, -0.2) is 0 Å². The molecule has 0 nitrogen and oxygen atoms in total. The quantitative estimate of drug-likeness (QED) is 0.538. The van der Waals surface area contributed by atoms with Crippen LogP contribution < -0.4 is 10.4 Å². The molecule has 1 heterocycles. The molecule has 0 atom stereocenters. The van der Waals surface area contributed by atoms with Crippen molar-refractivity contribution in [2.45, 2.75) is 20.0 Å². The van der Waals surface area contributed by atoms with Gasteiger partial charge in [0.1, 0.15) is 8.07 Å². The lowest BCUT2D eigenvalue weighted by Crippen LogP contribution is -2.53. The van der Waals surface area contributed by atoms with Gasteiger partial charge in [-0.2, -0.15) is 0 Å². The zero-order valence-corrected chi connectivity index (χ0v) is 14.4. The largest absolute Gasteiger partial charge is 0.113 e. The van der Waals surface area contributed by atoms with Crippen LogP contribution in [0.5, 0.6) is 0 Å². The Morgan fingerprint density at radius 3 is 1.86 bits per heavy atom. The Hall–Kier alpha value is -2.12. The number of rotatable bonds is 0. The maximum atomic E-state index is 2.48. The number of benzene rings is 3. The standard InChI is InChI=1S/C21H20Si/c1-15-12-13-21-19(14-15)17-9-5-4-8-16(17)18-10-6-7-11-20(18)22(21,2)3/h4-14H,1-3H3. The topological polar surface area (TPSA) is 0 Å². The molecule has 0 saturated heterocycles. The van der Waals surface area contributed by atoms with Gasteiger partial charge in [-0.15, -0.1) is 0 Å². The van der Waals surface area contributed by atoms with E-state index in [4.69, 9.17) is 0 Å². The summed E-state index contributed by atoms with van der Waals surface area (Å²) in [7, 11) is -1.70. The number of hydrogen-bond acceptors (Lipinski definition) is 0. The first kappa shape index (κ1) is 13.5. The Morgan fingerprint density at radius 1 is 0.591 bits per heavy atom. The molecule has 0 amide bonds. The molecule has 3 aromatic rings. The van der Waals surface area contributed by atoms with Crippen LogP contribution in [-0.2, 0) is 0 Å². The number of fused-ring (bicyclic) bond motifs is 5. The summed E-state index contributed by atoms with van der Waals surface area (Å²) in [5, 5.41) is 3.10. The second-order valence-corrected chi connectivity index (χ2v) is 11.1. The van der Waals surface area contributed by atoms with Gasteiger partial charge in [0.25, 0.3) is 0 Å². The number of aryl methyl sites for hydroxylation is 1. The van der Waals surface area contributed by atoms with E-state index in [9.17, 15) is 0 Å². The van der Waals surface area contributed by atoms with E-state index in [-0.39, 0.29) is 0 Å². The Kier molecular flexibility index (Phi) is 2.88. The fourth-order valence-corrected chi connectivity index (χ4v) is 6.86. The van der Waals surface area contributed by atoms with Gasteiger partial charge in [-0.05, 0) is 39.6 Å². The molecule has 0 unspecified atom stereocenters. The van der Waals surface area contributed by atoms with Crippen LogP contribution in [0.3, 0.4) is 0 Å². The molecule has 1 aliphatic heterocycles. The smallest absolute Gasteiger partial charge is 0.0623 e. The summed E-state index contributed by atoms with van der Waals surface area (Å²) in [5.74, 6) is 0. The molecule has 0 bridgehead atoms. The third kappa shape index (κ3) is 1.82. The summed E-state index contributed by atoms with van der Waals surface area (Å²) in [4.78, 5) is 0. The van der Waals surface area contributed by atoms with Gasteiger partial charge in [0, 0.05) is 0 Å². The van der Waals surface area contributed by atoms with E-state index in [0.717, 1.165) is 0 Å². The maximum absolute atomic E-state index is 2.48. The molecule has 0 saturated carbocycles. The van der Waals surface area contributed by atoms with Crippen molar-refractivity contribution in [2.75, 3.05) is 0 Å². The summed E-state index contributed by atoms with van der Waals surface area (Å²) in [6.07, 6.45) is 0. The number of hydrogen-bond donors (Lipinski definition) is 0. The molecule has 1 aliphatic rings. The van der Waals surface area contributed by atoms with Gasteiger partial charge < -0.3 is 0 Å². The molecule has 22 heavy (non-hydrogen) atoms. The highest BCUT2D eigenvalue weighted by atomic mass is 28.3. The van der Waals surface area contributed by atoms with E-state index >= 15 is 0 Å². The zero-order chi connectivity index (χ0) is 15.3. The van der Waals surface area contributed by atoms with Crippen LogP contribution in [0.4, 0.5) is 0 Å². The van der Waals surface area contributed by atoms with Crippen molar-refractivity contribution >= 4 is 18.4 Å². The van der Waals surface area contributed by atoms with Gasteiger partial charge in [-0.3, -0.25) is 0 Å². The Bertz CT molecular complexity index is 875. The molecule has 1 heteroatoms. The first-order chi connectivity index (χ1) is 10.6. The third-order valence-electron chi connectivity index (χ3n) is 4.96. The first-order valence-electron chi connectivity index (χ1n) is 7.89. The van der Waals surface area contributed by atoms with Crippen LogP contribution in [0.15, 0.2) is 66.7 Å². The second kappa shape index (κ2) is 4.69. The lowest BCUT2D eigenvalue weighted by Gasteiger charge is -2.26. The van der Waals surface area contributed by atoms with Crippen LogP contribution in [0.2, 0.25) is 13.1 Å². The van der Waals surface area contributed by atoms with Crippen molar-refractivity contribution in [3.8, 4) is 22.3 Å². The lowest BCUT2D eigenvalue weighted by atomic mass is 9.94. The minimum atomic E-state index is -1.70. The maximum Gasteiger partial charge on any atom is 0.113 e. The molecule has 108 valence electrons. The minimum Gasteiger partial charge on any atom is -0.0623 e. The SMILES string of the molecule is Cc1ccc2c(c1)-c1ccccc1-c1ccccc1[Si]2(C)C. The Labute approximate surface area is 133 Å². The fraction of sp³-hybridized carbons (Fsp3) is 0.143. The highest BCUT2D eigenvalue weighted by Crippen LogP contribution is 2.35. The summed E-state index contributed by atoms with van der Waals surface area (Å²) in [6, 6.07) is 24.9. The third-order valence-corrected chi connectivity index (χ3v) is 8.52. The molecule has 0 spiro atoms. The van der Waals surface area contributed by atoms with E-state index < -0.39 is 8.07 Å². The highest BCUT2D eigenvalue weighted by Gasteiger charge is 2.34. The van der Waals surface area contributed by atoms with Gasteiger partial charge >= 0.3 is 0 Å². The minimum absolute atomic E-state index is 1.34. The normalized spacial score (nSPS) is 14.5. The molecular formula is C21H20Si. The van der Waals surface area contributed by atoms with E-state index in [0.29, 0.717) is 0 Å². The fourth-order valence-electron chi connectivity index (χ4n) is 3.79. The summed E-state index contributed by atoms with van der Waals surface area (Å²) < 4.78 is 0. The van der Waals surface area contributed by atoms with Crippen molar-refractivity contribution in [2.24, 2.45) is 0 Å². The summed E-state index contributed by atoms with van der Waals surface area (Å²) >= 11 is 0. The Balaban J connectivity index is 2.21. The van der Waals surface area contributed by atoms with E-state index in [2.05, 4.69) is 86.7 Å². The molecule has 0 radical (unpaired) electrons. The summed E-state index contributed by atoms with van der Waals surface area (Å²) in [6.45, 7) is 7.15. The molecule has 0 N–H and O–H groups in total.